The minimum Gasteiger partial charge on any atom is -0.324 e. The molecule has 0 aromatic heterocycles. The first-order chi connectivity index (χ1) is 7.78. The highest BCUT2D eigenvalue weighted by molar-refractivity contribution is 7.51. The fourth-order valence-corrected chi connectivity index (χ4v) is 1.87. The largest absolute Gasteiger partial charge is 0.325 e. The third kappa shape index (κ3) is 8.10. The van der Waals surface area contributed by atoms with Crippen LogP contribution in [0.2, 0.25) is 0 Å². The summed E-state index contributed by atoms with van der Waals surface area (Å²) in [5.41, 5.74) is 0.391. The van der Waals surface area contributed by atoms with Gasteiger partial charge >= 0.3 is 7.60 Å². The minimum absolute atomic E-state index is 0.117. The van der Waals surface area contributed by atoms with Crippen molar-refractivity contribution >= 4 is 13.5 Å². The van der Waals surface area contributed by atoms with Crippen LogP contribution < -0.4 is 0 Å². The van der Waals surface area contributed by atoms with Crippen molar-refractivity contribution in [1.29, 1.82) is 0 Å². The van der Waals surface area contributed by atoms with Crippen molar-refractivity contribution in [2.24, 2.45) is 0 Å². The predicted octanol–water partition coefficient (Wildman–Crippen LogP) is 1.30. The zero-order valence-corrected chi connectivity index (χ0v) is 11.2. The van der Waals surface area contributed by atoms with Crippen molar-refractivity contribution in [2.45, 2.75) is 26.2 Å². The predicted molar refractivity (Wildman–Crippen MR) is 64.3 cm³/mol. The molecule has 0 aromatic carbocycles. The summed E-state index contributed by atoms with van der Waals surface area (Å²) in [6.45, 7) is 5.52. The molecule has 0 aromatic rings. The lowest BCUT2D eigenvalue weighted by atomic mass is 10.2. The summed E-state index contributed by atoms with van der Waals surface area (Å²) in [6, 6.07) is 0. The molecule has 0 unspecified atom stereocenters. The molecule has 0 bridgehead atoms. The number of hydroxylamine groups is 2. The van der Waals surface area contributed by atoms with Gasteiger partial charge in [0.05, 0.1) is 7.11 Å². The Morgan fingerprint density at radius 2 is 1.94 bits per heavy atom. The molecule has 0 atom stereocenters. The third-order valence-electron chi connectivity index (χ3n) is 2.12. The van der Waals surface area contributed by atoms with Crippen LogP contribution in [0.5, 0.6) is 0 Å². The van der Waals surface area contributed by atoms with Gasteiger partial charge in [0.15, 0.2) is 0 Å². The normalized spacial score (nSPS) is 11.3. The molecule has 0 saturated carbocycles. The number of nitrogens with zero attached hydrogens (tertiary/aromatic N) is 1. The average Bonchev–Trinajstić information content (AvgIpc) is 2.20. The van der Waals surface area contributed by atoms with Crippen molar-refractivity contribution in [3.05, 3.63) is 12.2 Å². The molecule has 0 radical (unpaired) electrons. The molecular weight excluding hydrogens is 245 g/mol. The lowest BCUT2D eigenvalue weighted by Crippen LogP contribution is -2.31. The van der Waals surface area contributed by atoms with Crippen molar-refractivity contribution in [2.75, 3.05) is 19.8 Å². The van der Waals surface area contributed by atoms with E-state index in [0.717, 1.165) is 0 Å². The van der Waals surface area contributed by atoms with E-state index in [1.165, 1.54) is 12.2 Å². The molecule has 0 rings (SSSR count). The molecule has 6 nitrogen and oxygen atoms in total. The van der Waals surface area contributed by atoms with Crippen molar-refractivity contribution in [1.82, 2.24) is 5.06 Å². The quantitative estimate of drug-likeness (QED) is 0.299. The van der Waals surface area contributed by atoms with Gasteiger partial charge in [0, 0.05) is 18.3 Å². The number of carbonyl (C=O) groups excluding carboxylic acids is 1. The van der Waals surface area contributed by atoms with Crippen LogP contribution in [0, 0.1) is 0 Å². The van der Waals surface area contributed by atoms with E-state index in [0.29, 0.717) is 31.4 Å². The number of hydrogen-bond donors (Lipinski definition) is 2. The zero-order valence-electron chi connectivity index (χ0n) is 10.3. The molecule has 0 fully saturated rings. The van der Waals surface area contributed by atoms with Gasteiger partial charge in [-0.1, -0.05) is 13.0 Å². The molecule has 0 aliphatic heterocycles. The lowest BCUT2D eigenvalue weighted by Gasteiger charge is -2.19. The summed E-state index contributed by atoms with van der Waals surface area (Å²) in [6.07, 6.45) is 1.58. The number of carbonyl (C=O) groups is 1. The van der Waals surface area contributed by atoms with Crippen LogP contribution in [0.3, 0.4) is 0 Å². The highest BCUT2D eigenvalue weighted by Gasteiger charge is 2.14. The molecule has 0 aliphatic carbocycles. The molecule has 0 heterocycles. The molecule has 100 valence electrons. The summed E-state index contributed by atoms with van der Waals surface area (Å²) in [4.78, 5) is 33.7. The van der Waals surface area contributed by atoms with Gasteiger partial charge in [-0.2, -0.15) is 0 Å². The maximum atomic E-state index is 11.5. The van der Waals surface area contributed by atoms with Crippen molar-refractivity contribution in [3.63, 3.8) is 0 Å². The Kier molecular flexibility index (Phi) is 7.30. The van der Waals surface area contributed by atoms with E-state index in [1.54, 1.807) is 6.92 Å². The standard InChI is InChI=1S/C10H20NO5P/c1-9(2)10(12)11(16-3)7-5-4-6-8-17(13,14)15/h1,4-8H2,2-3H3,(H2,13,14,15). The smallest absolute Gasteiger partial charge is 0.324 e. The Balaban J connectivity index is 3.82. The fourth-order valence-electron chi connectivity index (χ4n) is 1.24. The molecule has 1 amide bonds. The Bertz CT molecular complexity index is 312. The first-order valence-corrected chi connectivity index (χ1v) is 7.13. The van der Waals surface area contributed by atoms with Crippen LogP contribution in [-0.2, 0) is 14.2 Å². The third-order valence-corrected chi connectivity index (χ3v) is 3.02. The van der Waals surface area contributed by atoms with Crippen LogP contribution >= 0.6 is 7.60 Å². The van der Waals surface area contributed by atoms with Crippen LogP contribution in [0.25, 0.3) is 0 Å². The van der Waals surface area contributed by atoms with E-state index in [4.69, 9.17) is 14.6 Å². The first-order valence-electron chi connectivity index (χ1n) is 5.34. The van der Waals surface area contributed by atoms with Crippen LogP contribution in [-0.4, -0.2) is 40.6 Å². The number of hydrogen-bond acceptors (Lipinski definition) is 3. The molecule has 17 heavy (non-hydrogen) atoms. The van der Waals surface area contributed by atoms with Gasteiger partial charge in [0.2, 0.25) is 0 Å². The summed E-state index contributed by atoms with van der Waals surface area (Å²) in [7, 11) is -2.50. The van der Waals surface area contributed by atoms with Gasteiger partial charge in [0.1, 0.15) is 0 Å². The second-order valence-corrected chi connectivity index (χ2v) is 5.60. The van der Waals surface area contributed by atoms with E-state index in [1.807, 2.05) is 0 Å². The first kappa shape index (κ1) is 16.3. The van der Waals surface area contributed by atoms with Gasteiger partial charge in [-0.15, -0.1) is 0 Å². The summed E-state index contributed by atoms with van der Waals surface area (Å²) < 4.78 is 10.6. The monoisotopic (exact) mass is 265 g/mol. The van der Waals surface area contributed by atoms with Gasteiger partial charge in [-0.3, -0.25) is 14.2 Å². The highest BCUT2D eigenvalue weighted by Crippen LogP contribution is 2.35. The SMILES string of the molecule is C=C(C)C(=O)N(CCCCCP(=O)(O)O)OC. The molecule has 0 saturated heterocycles. The van der Waals surface area contributed by atoms with Crippen LogP contribution in [0.4, 0.5) is 0 Å². The number of rotatable bonds is 8. The average molecular weight is 265 g/mol. The van der Waals surface area contributed by atoms with E-state index < -0.39 is 7.60 Å². The Morgan fingerprint density at radius 1 is 1.35 bits per heavy atom. The summed E-state index contributed by atoms with van der Waals surface area (Å²) >= 11 is 0. The van der Waals surface area contributed by atoms with E-state index in [9.17, 15) is 9.36 Å². The zero-order chi connectivity index (χ0) is 13.5. The molecular formula is C10H20NO5P. The minimum atomic E-state index is -3.90. The Labute approximate surface area is 101 Å². The Hall–Kier alpha value is -0.680. The van der Waals surface area contributed by atoms with E-state index >= 15 is 0 Å². The number of unbranched alkanes of at least 4 members (excludes halogenated alkanes) is 2. The van der Waals surface area contributed by atoms with Gasteiger partial charge in [0.25, 0.3) is 5.91 Å². The lowest BCUT2D eigenvalue weighted by molar-refractivity contribution is -0.171. The van der Waals surface area contributed by atoms with Crippen molar-refractivity contribution in [3.8, 4) is 0 Å². The summed E-state index contributed by atoms with van der Waals surface area (Å²) in [5.74, 6) is -0.275. The summed E-state index contributed by atoms with van der Waals surface area (Å²) in [5, 5.41) is 1.19. The van der Waals surface area contributed by atoms with Gasteiger partial charge < -0.3 is 9.79 Å². The molecule has 0 aliphatic rings. The van der Waals surface area contributed by atoms with Crippen molar-refractivity contribution < 1.29 is 24.0 Å². The molecule has 2 N–H and O–H groups in total. The second kappa shape index (κ2) is 7.61. The molecule has 7 heteroatoms. The maximum absolute atomic E-state index is 11.5. The van der Waals surface area contributed by atoms with Gasteiger partial charge in [-0.05, 0) is 19.8 Å². The van der Waals surface area contributed by atoms with E-state index in [2.05, 4.69) is 6.58 Å². The topological polar surface area (TPSA) is 87.1 Å². The van der Waals surface area contributed by atoms with Crippen LogP contribution in [0.1, 0.15) is 26.2 Å². The fraction of sp³-hybridized carbons (Fsp3) is 0.700. The van der Waals surface area contributed by atoms with E-state index in [-0.39, 0.29) is 12.1 Å². The van der Waals surface area contributed by atoms with Crippen LogP contribution in [0.15, 0.2) is 12.2 Å². The molecule has 0 spiro atoms. The Morgan fingerprint density at radius 3 is 2.35 bits per heavy atom. The van der Waals surface area contributed by atoms with Gasteiger partial charge in [-0.25, -0.2) is 5.06 Å². The second-order valence-electron chi connectivity index (χ2n) is 3.82. The maximum Gasteiger partial charge on any atom is 0.325 e. The number of amides is 1. The highest BCUT2D eigenvalue weighted by atomic mass is 31.2.